The number of nitrogens with zero attached hydrogens (tertiary/aromatic N) is 1. The summed E-state index contributed by atoms with van der Waals surface area (Å²) in [6.07, 6.45) is 0. The minimum Gasteiger partial charge on any atom is -0.497 e. The first-order valence-electron chi connectivity index (χ1n) is 9.79. The first-order valence-corrected chi connectivity index (χ1v) is 10.2. The third-order valence-electron chi connectivity index (χ3n) is 4.91. The Bertz CT molecular complexity index is 1300. The molecule has 32 heavy (non-hydrogen) atoms. The molecule has 0 bridgehead atoms. The molecule has 1 heterocycles. The second kappa shape index (κ2) is 9.07. The molecule has 1 amide bonds. The van der Waals surface area contributed by atoms with Crippen molar-refractivity contribution in [3.8, 4) is 23.0 Å². The quantitative estimate of drug-likeness (QED) is 0.419. The number of hydrogen-bond donors (Lipinski definition) is 2. The van der Waals surface area contributed by atoms with Crippen molar-refractivity contribution in [3.05, 3.63) is 71.8 Å². The summed E-state index contributed by atoms with van der Waals surface area (Å²) < 4.78 is 16.2. The molecule has 162 valence electrons. The van der Waals surface area contributed by atoms with Crippen LogP contribution in [-0.2, 0) is 0 Å². The summed E-state index contributed by atoms with van der Waals surface area (Å²) in [5, 5.41) is 5.96. The van der Waals surface area contributed by atoms with Crippen molar-refractivity contribution in [2.24, 2.45) is 0 Å². The first-order chi connectivity index (χ1) is 15.5. The van der Waals surface area contributed by atoms with Crippen LogP contribution in [0.2, 0.25) is 0 Å². The number of rotatable bonds is 5. The van der Waals surface area contributed by atoms with Crippen LogP contribution in [0.4, 0.5) is 5.69 Å². The molecule has 8 heteroatoms. The summed E-state index contributed by atoms with van der Waals surface area (Å²) >= 11 is 5.34. The second-order valence-corrected chi connectivity index (χ2v) is 7.43. The number of fused-ring (bicyclic) bond motifs is 1. The molecule has 0 unspecified atom stereocenters. The summed E-state index contributed by atoms with van der Waals surface area (Å²) in [4.78, 5) is 17.0. The highest BCUT2D eigenvalue weighted by Crippen LogP contribution is 2.29. The van der Waals surface area contributed by atoms with Gasteiger partial charge in [-0.05, 0) is 73.2 Å². The molecular weight excluding hydrogens is 426 g/mol. The zero-order valence-electron chi connectivity index (χ0n) is 17.8. The van der Waals surface area contributed by atoms with Crippen molar-refractivity contribution in [3.63, 3.8) is 0 Å². The van der Waals surface area contributed by atoms with E-state index in [1.807, 2.05) is 43.3 Å². The number of aryl methyl sites for hydroxylation is 1. The van der Waals surface area contributed by atoms with Crippen LogP contribution in [-0.4, -0.2) is 30.2 Å². The van der Waals surface area contributed by atoms with Gasteiger partial charge >= 0.3 is 0 Å². The average molecular weight is 448 g/mol. The lowest BCUT2D eigenvalue weighted by atomic mass is 10.1. The lowest BCUT2D eigenvalue weighted by molar-refractivity contribution is 0.0977. The van der Waals surface area contributed by atoms with Crippen LogP contribution in [0.15, 0.2) is 65.1 Å². The maximum Gasteiger partial charge on any atom is 0.257 e. The maximum absolute atomic E-state index is 12.5. The van der Waals surface area contributed by atoms with E-state index in [-0.39, 0.29) is 11.0 Å². The van der Waals surface area contributed by atoms with Gasteiger partial charge in [0.1, 0.15) is 17.0 Å². The van der Waals surface area contributed by atoms with Gasteiger partial charge in [-0.25, -0.2) is 4.98 Å². The van der Waals surface area contributed by atoms with Crippen molar-refractivity contribution < 1.29 is 18.7 Å². The van der Waals surface area contributed by atoms with Crippen molar-refractivity contribution in [2.75, 3.05) is 19.5 Å². The molecule has 0 atom stereocenters. The number of ether oxygens (including phenoxy) is 2. The minimum atomic E-state index is -0.313. The van der Waals surface area contributed by atoms with E-state index in [0.717, 1.165) is 16.8 Å². The zero-order valence-corrected chi connectivity index (χ0v) is 18.6. The highest BCUT2D eigenvalue weighted by Gasteiger charge is 2.13. The number of oxazole rings is 1. The monoisotopic (exact) mass is 447 g/mol. The van der Waals surface area contributed by atoms with Crippen LogP contribution in [0.1, 0.15) is 15.9 Å². The summed E-state index contributed by atoms with van der Waals surface area (Å²) in [7, 11) is 3.18. The summed E-state index contributed by atoms with van der Waals surface area (Å²) in [5.74, 6) is 1.55. The third-order valence-corrected chi connectivity index (χ3v) is 5.11. The van der Waals surface area contributed by atoms with Crippen LogP contribution in [0.25, 0.3) is 22.6 Å². The fraction of sp³-hybridized carbons (Fsp3) is 0.125. The number of carbonyl (C=O) groups excluding carboxylic acids is 1. The number of aromatic nitrogens is 1. The highest BCUT2D eigenvalue weighted by molar-refractivity contribution is 7.80. The van der Waals surface area contributed by atoms with Gasteiger partial charge in [-0.3, -0.25) is 10.1 Å². The van der Waals surface area contributed by atoms with Crippen molar-refractivity contribution >= 4 is 40.0 Å². The molecule has 1 aromatic heterocycles. The molecule has 0 fully saturated rings. The van der Waals surface area contributed by atoms with Gasteiger partial charge in [-0.1, -0.05) is 6.07 Å². The maximum atomic E-state index is 12.5. The molecule has 2 N–H and O–H groups in total. The van der Waals surface area contributed by atoms with E-state index in [4.69, 9.17) is 26.1 Å². The number of nitrogens with one attached hydrogen (secondary N) is 2. The SMILES string of the molecule is COc1ccc(C(=O)NC(=S)Nc2cc(-c3nc4cc(OC)ccc4o3)ccc2C)cc1. The molecule has 4 rings (SSSR count). The molecule has 7 nitrogen and oxygen atoms in total. The Hall–Kier alpha value is -3.91. The Kier molecular flexibility index (Phi) is 6.04. The number of hydrogen-bond acceptors (Lipinski definition) is 6. The molecule has 0 radical (unpaired) electrons. The molecular formula is C24H21N3O4S. The number of carbonyl (C=O) groups is 1. The van der Waals surface area contributed by atoms with E-state index in [0.29, 0.717) is 34.1 Å². The third kappa shape index (κ3) is 4.55. The fourth-order valence-corrected chi connectivity index (χ4v) is 3.32. The Labute approximate surface area is 190 Å². The smallest absolute Gasteiger partial charge is 0.257 e. The van der Waals surface area contributed by atoms with Gasteiger partial charge in [0.15, 0.2) is 10.7 Å². The molecule has 0 spiro atoms. The molecule has 0 aliphatic rings. The van der Waals surface area contributed by atoms with Crippen LogP contribution in [0, 0.1) is 6.92 Å². The van der Waals surface area contributed by atoms with E-state index in [9.17, 15) is 4.79 Å². The van der Waals surface area contributed by atoms with Crippen molar-refractivity contribution in [1.82, 2.24) is 10.3 Å². The summed E-state index contributed by atoms with van der Waals surface area (Å²) in [6.45, 7) is 1.94. The predicted octanol–water partition coefficient (Wildman–Crippen LogP) is 4.95. The summed E-state index contributed by atoms with van der Waals surface area (Å²) in [6, 6.07) is 18.0. The molecule has 0 saturated heterocycles. The van der Waals surface area contributed by atoms with Crippen LogP contribution in [0.3, 0.4) is 0 Å². The van der Waals surface area contributed by atoms with Crippen molar-refractivity contribution in [1.29, 1.82) is 0 Å². The predicted molar refractivity (Wildman–Crippen MR) is 127 cm³/mol. The van der Waals surface area contributed by atoms with E-state index in [1.165, 1.54) is 0 Å². The molecule has 0 saturated carbocycles. The lowest BCUT2D eigenvalue weighted by Crippen LogP contribution is -2.34. The largest absolute Gasteiger partial charge is 0.497 e. The highest BCUT2D eigenvalue weighted by atomic mass is 32.1. The van der Waals surface area contributed by atoms with Gasteiger partial charge in [-0.2, -0.15) is 0 Å². The lowest BCUT2D eigenvalue weighted by Gasteiger charge is -2.13. The van der Waals surface area contributed by atoms with E-state index in [1.54, 1.807) is 38.5 Å². The van der Waals surface area contributed by atoms with Gasteiger partial charge in [0, 0.05) is 22.9 Å². The van der Waals surface area contributed by atoms with Crippen LogP contribution >= 0.6 is 12.2 Å². The normalized spacial score (nSPS) is 10.6. The van der Waals surface area contributed by atoms with Crippen molar-refractivity contribution in [2.45, 2.75) is 6.92 Å². The second-order valence-electron chi connectivity index (χ2n) is 7.02. The van der Waals surface area contributed by atoms with Crippen LogP contribution in [0.5, 0.6) is 11.5 Å². The Morgan fingerprint density at radius 3 is 2.41 bits per heavy atom. The number of methoxy groups -OCH3 is 2. The standard InChI is InChI=1S/C24H21N3O4S/c1-14-4-5-16(23-25-20-13-18(30-3)10-11-21(20)31-23)12-19(14)26-24(32)27-22(28)15-6-8-17(29-2)9-7-15/h4-13H,1-3H3,(H2,26,27,28,32). The molecule has 3 aromatic carbocycles. The minimum absolute atomic E-state index is 0.188. The topological polar surface area (TPSA) is 85.6 Å². The molecule has 0 aliphatic heterocycles. The number of benzene rings is 3. The zero-order chi connectivity index (χ0) is 22.7. The van der Waals surface area contributed by atoms with Gasteiger partial charge in [0.25, 0.3) is 5.91 Å². The Balaban J connectivity index is 1.51. The number of anilines is 1. The van der Waals surface area contributed by atoms with E-state index < -0.39 is 0 Å². The average Bonchev–Trinajstić information content (AvgIpc) is 3.23. The molecule has 0 aliphatic carbocycles. The summed E-state index contributed by atoms with van der Waals surface area (Å²) in [5.41, 5.74) is 4.31. The number of amides is 1. The van der Waals surface area contributed by atoms with E-state index in [2.05, 4.69) is 15.6 Å². The van der Waals surface area contributed by atoms with Gasteiger partial charge in [-0.15, -0.1) is 0 Å². The van der Waals surface area contributed by atoms with Gasteiger partial charge in [0.05, 0.1) is 14.2 Å². The molecule has 4 aromatic rings. The van der Waals surface area contributed by atoms with Gasteiger partial charge < -0.3 is 19.2 Å². The number of thiocarbonyl (C=S) groups is 1. The van der Waals surface area contributed by atoms with Crippen LogP contribution < -0.4 is 20.1 Å². The fourth-order valence-electron chi connectivity index (χ4n) is 3.12. The van der Waals surface area contributed by atoms with E-state index >= 15 is 0 Å². The van der Waals surface area contributed by atoms with Gasteiger partial charge in [0.2, 0.25) is 5.89 Å². The first kappa shape index (κ1) is 21.3. The Morgan fingerprint density at radius 2 is 1.69 bits per heavy atom. The Morgan fingerprint density at radius 1 is 0.969 bits per heavy atom.